The first kappa shape index (κ1) is 15.8. The minimum Gasteiger partial charge on any atom is -0.489 e. The van der Waals surface area contributed by atoms with Gasteiger partial charge in [-0.3, -0.25) is 0 Å². The Morgan fingerprint density at radius 1 is 1.19 bits per heavy atom. The van der Waals surface area contributed by atoms with Gasteiger partial charge in [0.15, 0.2) is 0 Å². The number of nitrogens with two attached hydrogens (primary N) is 1. The van der Waals surface area contributed by atoms with Crippen molar-refractivity contribution in [2.24, 2.45) is 5.73 Å². The van der Waals surface area contributed by atoms with Crippen LogP contribution in [0.5, 0.6) is 5.75 Å². The molecular formula is C17H19ClFNO. The molecule has 2 aromatic rings. The van der Waals surface area contributed by atoms with E-state index < -0.39 is 5.82 Å². The van der Waals surface area contributed by atoms with E-state index in [9.17, 15) is 4.39 Å². The van der Waals surface area contributed by atoms with Crippen molar-refractivity contribution in [2.45, 2.75) is 32.4 Å². The van der Waals surface area contributed by atoms with Crippen LogP contribution < -0.4 is 10.5 Å². The van der Waals surface area contributed by atoms with Crippen LogP contribution in [0.25, 0.3) is 0 Å². The average molecular weight is 308 g/mol. The highest BCUT2D eigenvalue weighted by molar-refractivity contribution is 6.31. The van der Waals surface area contributed by atoms with E-state index in [1.807, 2.05) is 24.3 Å². The van der Waals surface area contributed by atoms with Crippen LogP contribution >= 0.6 is 11.6 Å². The lowest BCUT2D eigenvalue weighted by atomic mass is 10.0. The topological polar surface area (TPSA) is 35.2 Å². The van der Waals surface area contributed by atoms with Crippen LogP contribution in [0.1, 0.15) is 24.5 Å². The van der Waals surface area contributed by atoms with E-state index in [1.54, 1.807) is 12.1 Å². The van der Waals surface area contributed by atoms with Crippen molar-refractivity contribution in [1.82, 2.24) is 0 Å². The molecule has 21 heavy (non-hydrogen) atoms. The minimum atomic E-state index is -0.429. The Bertz CT molecular complexity index is 586. The summed E-state index contributed by atoms with van der Waals surface area (Å²) in [5.41, 5.74) is 7.74. The molecule has 2 aromatic carbocycles. The highest BCUT2D eigenvalue weighted by Gasteiger charge is 2.06. The fourth-order valence-corrected chi connectivity index (χ4v) is 2.17. The summed E-state index contributed by atoms with van der Waals surface area (Å²) in [4.78, 5) is 0. The predicted octanol–water partition coefficient (Wildman–Crippen LogP) is 4.34. The standard InChI is InChI=1S/C17H19ClFNO/c1-2-14(20)10-12-6-8-15(9-7-12)21-11-13-4-3-5-16(19)17(13)18/h3-9,14H,2,10-11,20H2,1H3. The first-order valence-corrected chi connectivity index (χ1v) is 7.38. The lowest BCUT2D eigenvalue weighted by molar-refractivity contribution is 0.305. The van der Waals surface area contributed by atoms with E-state index in [1.165, 1.54) is 11.6 Å². The third-order valence-electron chi connectivity index (χ3n) is 3.37. The number of ether oxygens (including phenoxy) is 1. The van der Waals surface area contributed by atoms with Gasteiger partial charge in [-0.25, -0.2) is 4.39 Å². The van der Waals surface area contributed by atoms with Gasteiger partial charge in [0.1, 0.15) is 18.2 Å². The lowest BCUT2D eigenvalue weighted by Crippen LogP contribution is -2.21. The van der Waals surface area contributed by atoms with E-state index in [4.69, 9.17) is 22.1 Å². The van der Waals surface area contributed by atoms with Crippen molar-refractivity contribution in [3.63, 3.8) is 0 Å². The summed E-state index contributed by atoms with van der Waals surface area (Å²) in [7, 11) is 0. The van der Waals surface area contributed by atoms with Gasteiger partial charge in [0.25, 0.3) is 0 Å². The second-order valence-corrected chi connectivity index (χ2v) is 5.40. The Kier molecular flexibility index (Phi) is 5.59. The summed E-state index contributed by atoms with van der Waals surface area (Å²) >= 11 is 5.89. The number of hydrogen-bond acceptors (Lipinski definition) is 2. The van der Waals surface area contributed by atoms with Crippen molar-refractivity contribution in [3.8, 4) is 5.75 Å². The van der Waals surface area contributed by atoms with Gasteiger partial charge in [0, 0.05) is 11.6 Å². The van der Waals surface area contributed by atoms with E-state index >= 15 is 0 Å². The van der Waals surface area contributed by atoms with Crippen molar-refractivity contribution >= 4 is 11.6 Å². The maximum absolute atomic E-state index is 13.3. The second-order valence-electron chi connectivity index (χ2n) is 5.02. The highest BCUT2D eigenvalue weighted by atomic mass is 35.5. The Morgan fingerprint density at radius 3 is 2.57 bits per heavy atom. The molecule has 1 atom stereocenters. The molecule has 0 aliphatic heterocycles. The average Bonchev–Trinajstić information content (AvgIpc) is 2.50. The van der Waals surface area contributed by atoms with Gasteiger partial charge in [-0.15, -0.1) is 0 Å². The molecule has 112 valence electrons. The molecule has 0 saturated carbocycles. The maximum atomic E-state index is 13.3. The molecule has 1 unspecified atom stereocenters. The van der Waals surface area contributed by atoms with Gasteiger partial charge >= 0.3 is 0 Å². The number of hydrogen-bond donors (Lipinski definition) is 1. The Labute approximate surface area is 129 Å². The smallest absolute Gasteiger partial charge is 0.142 e. The highest BCUT2D eigenvalue weighted by Crippen LogP contribution is 2.22. The lowest BCUT2D eigenvalue weighted by Gasteiger charge is -2.11. The fourth-order valence-electron chi connectivity index (χ4n) is 1.99. The van der Waals surface area contributed by atoms with Crippen LogP contribution in [0.3, 0.4) is 0 Å². The molecule has 0 saturated heterocycles. The van der Waals surface area contributed by atoms with Crippen LogP contribution in [-0.4, -0.2) is 6.04 Å². The summed E-state index contributed by atoms with van der Waals surface area (Å²) in [6.45, 7) is 2.31. The fraction of sp³-hybridized carbons (Fsp3) is 0.294. The summed E-state index contributed by atoms with van der Waals surface area (Å²) < 4.78 is 18.9. The monoisotopic (exact) mass is 307 g/mol. The zero-order chi connectivity index (χ0) is 15.2. The van der Waals surface area contributed by atoms with Crippen LogP contribution in [0.2, 0.25) is 5.02 Å². The number of rotatable bonds is 6. The molecule has 0 aromatic heterocycles. The number of halogens is 2. The molecule has 2 rings (SSSR count). The molecule has 0 radical (unpaired) electrons. The number of benzene rings is 2. The zero-order valence-electron chi connectivity index (χ0n) is 12.0. The summed E-state index contributed by atoms with van der Waals surface area (Å²) in [6.07, 6.45) is 1.81. The third kappa shape index (κ3) is 4.45. The molecule has 0 heterocycles. The van der Waals surface area contributed by atoms with Crippen molar-refractivity contribution < 1.29 is 9.13 Å². The zero-order valence-corrected chi connectivity index (χ0v) is 12.7. The summed E-state index contributed by atoms with van der Waals surface area (Å²) in [5.74, 6) is 0.297. The van der Waals surface area contributed by atoms with Crippen LogP contribution in [0.15, 0.2) is 42.5 Å². The van der Waals surface area contributed by atoms with Crippen molar-refractivity contribution in [1.29, 1.82) is 0 Å². The summed E-state index contributed by atoms with van der Waals surface area (Å²) in [5, 5.41) is 0.114. The molecular weight excluding hydrogens is 289 g/mol. The molecule has 0 aliphatic rings. The van der Waals surface area contributed by atoms with Gasteiger partial charge in [-0.2, -0.15) is 0 Å². The molecule has 0 bridgehead atoms. The molecule has 2 N–H and O–H groups in total. The maximum Gasteiger partial charge on any atom is 0.142 e. The van der Waals surface area contributed by atoms with Gasteiger partial charge in [-0.05, 0) is 36.6 Å². The van der Waals surface area contributed by atoms with Gasteiger partial charge in [0.05, 0.1) is 5.02 Å². The van der Waals surface area contributed by atoms with Crippen molar-refractivity contribution in [2.75, 3.05) is 0 Å². The van der Waals surface area contributed by atoms with E-state index in [0.717, 1.165) is 18.6 Å². The quantitative estimate of drug-likeness (QED) is 0.861. The Balaban J connectivity index is 1.96. The first-order chi connectivity index (χ1) is 10.1. The van der Waals surface area contributed by atoms with E-state index in [-0.39, 0.29) is 17.7 Å². The molecule has 0 amide bonds. The second kappa shape index (κ2) is 7.43. The van der Waals surface area contributed by atoms with Gasteiger partial charge < -0.3 is 10.5 Å². The molecule has 4 heteroatoms. The van der Waals surface area contributed by atoms with E-state index in [0.29, 0.717) is 5.56 Å². The Morgan fingerprint density at radius 2 is 1.90 bits per heavy atom. The predicted molar refractivity (Wildman–Crippen MR) is 84.2 cm³/mol. The SMILES string of the molecule is CCC(N)Cc1ccc(OCc2cccc(F)c2Cl)cc1. The first-order valence-electron chi connectivity index (χ1n) is 7.00. The van der Waals surface area contributed by atoms with Gasteiger partial charge in [-0.1, -0.05) is 42.8 Å². The molecule has 0 aliphatic carbocycles. The van der Waals surface area contributed by atoms with Crippen LogP contribution in [0, 0.1) is 5.82 Å². The van der Waals surface area contributed by atoms with Gasteiger partial charge in [0.2, 0.25) is 0 Å². The summed E-state index contributed by atoms with van der Waals surface area (Å²) in [6, 6.07) is 12.7. The normalized spacial score (nSPS) is 12.2. The third-order valence-corrected chi connectivity index (χ3v) is 3.79. The minimum absolute atomic E-state index is 0.114. The van der Waals surface area contributed by atoms with E-state index in [2.05, 4.69) is 6.92 Å². The molecule has 0 spiro atoms. The molecule has 0 fully saturated rings. The van der Waals surface area contributed by atoms with Crippen LogP contribution in [-0.2, 0) is 13.0 Å². The van der Waals surface area contributed by atoms with Crippen molar-refractivity contribution in [3.05, 3.63) is 64.4 Å². The van der Waals surface area contributed by atoms with Crippen LogP contribution in [0.4, 0.5) is 4.39 Å². The largest absolute Gasteiger partial charge is 0.489 e. The Hall–Kier alpha value is -1.58. The molecule has 2 nitrogen and oxygen atoms in total.